The highest BCUT2D eigenvalue weighted by molar-refractivity contribution is 5.98. The second-order valence-electron chi connectivity index (χ2n) is 6.16. The van der Waals surface area contributed by atoms with Crippen molar-refractivity contribution in [2.45, 2.75) is 19.9 Å². The van der Waals surface area contributed by atoms with Gasteiger partial charge in [0.15, 0.2) is 11.5 Å². The minimum absolute atomic E-state index is 0.209. The molecule has 28 heavy (non-hydrogen) atoms. The van der Waals surface area contributed by atoms with Gasteiger partial charge in [-0.25, -0.2) is 4.98 Å². The van der Waals surface area contributed by atoms with E-state index in [-0.39, 0.29) is 11.7 Å². The van der Waals surface area contributed by atoms with Gasteiger partial charge in [0.05, 0.1) is 12.2 Å². The van der Waals surface area contributed by atoms with Crippen molar-refractivity contribution >= 4 is 11.7 Å². The highest BCUT2D eigenvalue weighted by atomic mass is 16.5. The normalized spacial score (nSPS) is 10.3. The predicted molar refractivity (Wildman–Crippen MR) is 109 cm³/mol. The van der Waals surface area contributed by atoms with E-state index < -0.39 is 0 Å². The van der Waals surface area contributed by atoms with Gasteiger partial charge >= 0.3 is 0 Å². The molecule has 3 rings (SSSR count). The lowest BCUT2D eigenvalue weighted by Gasteiger charge is -2.13. The minimum atomic E-state index is -0.268. The Bertz CT molecular complexity index is 944. The van der Waals surface area contributed by atoms with E-state index in [0.29, 0.717) is 36.0 Å². The lowest BCUT2D eigenvalue weighted by molar-refractivity contribution is 0.0951. The Balaban J connectivity index is 1.66. The molecule has 1 aromatic heterocycles. The van der Waals surface area contributed by atoms with E-state index in [1.54, 1.807) is 18.3 Å². The van der Waals surface area contributed by atoms with Crippen molar-refractivity contribution in [1.82, 2.24) is 10.3 Å². The number of benzene rings is 2. The summed E-state index contributed by atoms with van der Waals surface area (Å²) in [5, 5.41) is 2.85. The number of hydrogen-bond acceptors (Lipinski definition) is 5. The Kier molecular flexibility index (Phi) is 6.46. The number of amides is 1. The molecular weight excluding hydrogens is 354 g/mol. The third-order valence-electron chi connectivity index (χ3n) is 3.97. The zero-order chi connectivity index (χ0) is 19.8. The molecule has 0 atom stereocenters. The van der Waals surface area contributed by atoms with Gasteiger partial charge in [-0.15, -0.1) is 0 Å². The topological polar surface area (TPSA) is 86.5 Å². The molecule has 144 valence electrons. The van der Waals surface area contributed by atoms with Crippen LogP contribution in [0.25, 0.3) is 0 Å². The van der Waals surface area contributed by atoms with Gasteiger partial charge in [-0.2, -0.15) is 0 Å². The number of nitrogens with two attached hydrogens (primary N) is 1. The van der Waals surface area contributed by atoms with Gasteiger partial charge in [-0.3, -0.25) is 4.79 Å². The summed E-state index contributed by atoms with van der Waals surface area (Å²) < 4.78 is 11.7. The van der Waals surface area contributed by atoms with Crippen LogP contribution in [0, 0.1) is 0 Å². The number of pyridine rings is 1. The third-order valence-corrected chi connectivity index (χ3v) is 3.97. The van der Waals surface area contributed by atoms with Crippen LogP contribution in [-0.4, -0.2) is 17.5 Å². The number of carbonyl (C=O) groups is 1. The average molecular weight is 377 g/mol. The Hall–Kier alpha value is -3.54. The van der Waals surface area contributed by atoms with E-state index in [1.165, 1.54) is 0 Å². The number of rotatable bonds is 8. The Morgan fingerprint density at radius 2 is 1.89 bits per heavy atom. The van der Waals surface area contributed by atoms with Gasteiger partial charge in [0.25, 0.3) is 5.91 Å². The Morgan fingerprint density at radius 3 is 2.68 bits per heavy atom. The fraction of sp³-hybridized carbons (Fsp3) is 0.182. The van der Waals surface area contributed by atoms with E-state index in [1.807, 2.05) is 48.5 Å². The Labute approximate surface area is 164 Å². The van der Waals surface area contributed by atoms with Crippen molar-refractivity contribution in [2.24, 2.45) is 0 Å². The zero-order valence-corrected chi connectivity index (χ0v) is 15.7. The molecule has 0 bridgehead atoms. The maximum Gasteiger partial charge on any atom is 0.255 e. The Morgan fingerprint density at radius 1 is 1.07 bits per heavy atom. The number of para-hydroxylation sites is 2. The molecule has 3 aromatic rings. The molecule has 0 saturated heterocycles. The number of ether oxygens (including phenoxy) is 2. The highest BCUT2D eigenvalue weighted by Gasteiger charge is 2.10. The van der Waals surface area contributed by atoms with E-state index in [0.717, 1.165) is 12.0 Å². The van der Waals surface area contributed by atoms with Crippen molar-refractivity contribution < 1.29 is 14.3 Å². The first-order chi connectivity index (χ1) is 13.7. The van der Waals surface area contributed by atoms with Crippen LogP contribution < -0.4 is 20.5 Å². The van der Waals surface area contributed by atoms with Crippen molar-refractivity contribution in [2.75, 3.05) is 12.3 Å². The molecule has 6 nitrogen and oxygen atoms in total. The first-order valence-electron chi connectivity index (χ1n) is 9.14. The lowest BCUT2D eigenvalue weighted by Crippen LogP contribution is -2.24. The smallest absolute Gasteiger partial charge is 0.255 e. The highest BCUT2D eigenvalue weighted by Crippen LogP contribution is 2.31. The van der Waals surface area contributed by atoms with Gasteiger partial charge in [-0.1, -0.05) is 31.2 Å². The first-order valence-corrected chi connectivity index (χ1v) is 9.14. The molecule has 0 radical (unpaired) electrons. The largest absolute Gasteiger partial charge is 0.490 e. The summed E-state index contributed by atoms with van der Waals surface area (Å²) in [4.78, 5) is 16.2. The quantitative estimate of drug-likeness (QED) is 0.615. The number of aromatic nitrogens is 1. The van der Waals surface area contributed by atoms with Crippen LogP contribution in [0.3, 0.4) is 0 Å². The molecule has 0 aliphatic heterocycles. The minimum Gasteiger partial charge on any atom is -0.490 e. The van der Waals surface area contributed by atoms with Crippen molar-refractivity contribution in [1.29, 1.82) is 0 Å². The molecule has 1 amide bonds. The van der Waals surface area contributed by atoms with E-state index in [9.17, 15) is 4.79 Å². The van der Waals surface area contributed by atoms with Crippen LogP contribution >= 0.6 is 0 Å². The molecular formula is C22H23N3O3. The van der Waals surface area contributed by atoms with Gasteiger partial charge in [0.1, 0.15) is 11.6 Å². The van der Waals surface area contributed by atoms with E-state index in [4.69, 9.17) is 15.2 Å². The number of hydrogen-bond donors (Lipinski definition) is 2. The van der Waals surface area contributed by atoms with Crippen LogP contribution in [0.1, 0.15) is 29.3 Å². The van der Waals surface area contributed by atoms with Gasteiger partial charge in [-0.05, 0) is 48.4 Å². The maximum absolute atomic E-state index is 12.3. The third kappa shape index (κ3) is 5.01. The number of nitrogens with zero attached hydrogens (tertiary/aromatic N) is 1. The second-order valence-corrected chi connectivity index (χ2v) is 6.16. The van der Waals surface area contributed by atoms with Gasteiger partial charge in [0.2, 0.25) is 0 Å². The zero-order valence-electron chi connectivity index (χ0n) is 15.7. The van der Waals surface area contributed by atoms with Gasteiger partial charge in [0, 0.05) is 12.7 Å². The number of carbonyl (C=O) groups excluding carboxylic acids is 1. The van der Waals surface area contributed by atoms with Crippen LogP contribution in [0.4, 0.5) is 5.82 Å². The first kappa shape index (κ1) is 19.2. The fourth-order valence-corrected chi connectivity index (χ4v) is 2.60. The summed E-state index contributed by atoms with van der Waals surface area (Å²) in [6.45, 7) is 3.03. The van der Waals surface area contributed by atoms with Crippen molar-refractivity contribution in [3.63, 3.8) is 0 Å². The molecule has 0 aliphatic carbocycles. The number of nitrogens with one attached hydrogen (secondary N) is 1. The SMILES string of the molecule is CCCOc1ccccc1Oc1cccc(CNC(=O)c2cccnc2N)c1. The summed E-state index contributed by atoms with van der Waals surface area (Å²) in [7, 11) is 0. The van der Waals surface area contributed by atoms with Crippen LogP contribution in [0.2, 0.25) is 0 Å². The molecule has 0 spiro atoms. The molecule has 0 saturated carbocycles. The van der Waals surface area contributed by atoms with Crippen LogP contribution in [-0.2, 0) is 6.54 Å². The number of anilines is 1. The molecule has 6 heteroatoms. The maximum atomic E-state index is 12.3. The summed E-state index contributed by atoms with van der Waals surface area (Å²) in [5.74, 6) is 1.96. The summed E-state index contributed by atoms with van der Waals surface area (Å²) in [6, 6.07) is 18.4. The molecule has 0 unspecified atom stereocenters. The molecule has 0 fully saturated rings. The van der Waals surface area contributed by atoms with Gasteiger partial charge < -0.3 is 20.5 Å². The average Bonchev–Trinajstić information content (AvgIpc) is 2.72. The summed E-state index contributed by atoms with van der Waals surface area (Å²) in [6.07, 6.45) is 2.47. The number of nitrogen functional groups attached to an aromatic ring is 1. The van der Waals surface area contributed by atoms with Crippen molar-refractivity contribution in [3.05, 3.63) is 78.0 Å². The van der Waals surface area contributed by atoms with Crippen LogP contribution in [0.15, 0.2) is 66.9 Å². The molecule has 2 aromatic carbocycles. The monoisotopic (exact) mass is 377 g/mol. The standard InChI is InChI=1S/C22H23N3O3/c1-2-13-27-19-10-3-4-11-20(19)28-17-8-5-7-16(14-17)15-25-22(26)18-9-6-12-24-21(18)23/h3-12,14H,2,13,15H2,1H3,(H2,23,24)(H,25,26). The van der Waals surface area contributed by atoms with E-state index >= 15 is 0 Å². The summed E-state index contributed by atoms with van der Waals surface area (Å²) >= 11 is 0. The molecule has 0 aliphatic rings. The molecule has 1 heterocycles. The van der Waals surface area contributed by atoms with Crippen LogP contribution in [0.5, 0.6) is 17.2 Å². The fourth-order valence-electron chi connectivity index (χ4n) is 2.60. The van der Waals surface area contributed by atoms with Crippen molar-refractivity contribution in [3.8, 4) is 17.2 Å². The lowest BCUT2D eigenvalue weighted by atomic mass is 10.2. The summed E-state index contributed by atoms with van der Waals surface area (Å²) in [5.41, 5.74) is 7.01. The van der Waals surface area contributed by atoms with E-state index in [2.05, 4.69) is 17.2 Å². The molecule has 3 N–H and O–H groups in total. The predicted octanol–water partition coefficient (Wildman–Crippen LogP) is 4.17. The second kappa shape index (κ2) is 9.41.